The minimum atomic E-state index is -0.0683. The van der Waals surface area contributed by atoms with E-state index in [4.69, 9.17) is 0 Å². The summed E-state index contributed by atoms with van der Waals surface area (Å²) in [7, 11) is 0. The maximum Gasteiger partial charge on any atom is 0.129 e. The van der Waals surface area contributed by atoms with Gasteiger partial charge in [0.15, 0.2) is 0 Å². The van der Waals surface area contributed by atoms with E-state index in [1.807, 2.05) is 0 Å². The molecule has 3 aliphatic rings. The van der Waals surface area contributed by atoms with Crippen molar-refractivity contribution in [3.63, 3.8) is 0 Å². The van der Waals surface area contributed by atoms with E-state index < -0.39 is 0 Å². The zero-order chi connectivity index (χ0) is 16.8. The molecule has 7 atom stereocenters. The van der Waals surface area contributed by atoms with Crippen LogP contribution >= 0.6 is 0 Å². The normalized spacial score (nSPS) is 49.5. The van der Waals surface area contributed by atoms with Crippen molar-refractivity contribution in [2.24, 2.45) is 34.5 Å². The first-order valence-corrected chi connectivity index (χ1v) is 10.0. The Balaban J connectivity index is 1.86. The van der Waals surface area contributed by atoms with Gasteiger partial charge < -0.3 is 9.90 Å². The largest absolute Gasteiger partial charge is 0.393 e. The van der Waals surface area contributed by atoms with Crippen LogP contribution in [0.4, 0.5) is 0 Å². The zero-order valence-corrected chi connectivity index (χ0v) is 15.6. The average Bonchev–Trinajstić information content (AvgIpc) is 2.87. The van der Waals surface area contributed by atoms with Crippen molar-refractivity contribution >= 4 is 5.78 Å². The molecule has 2 heteroatoms. The van der Waals surface area contributed by atoms with Gasteiger partial charge in [0.1, 0.15) is 5.78 Å². The van der Waals surface area contributed by atoms with Crippen molar-refractivity contribution < 1.29 is 9.90 Å². The fourth-order valence-electron chi connectivity index (χ4n) is 6.98. The van der Waals surface area contributed by atoms with Gasteiger partial charge in [-0.3, -0.25) is 0 Å². The van der Waals surface area contributed by atoms with E-state index in [9.17, 15) is 9.90 Å². The van der Waals surface area contributed by atoms with Gasteiger partial charge in [-0.2, -0.15) is 0 Å². The molecular formula is C21H36O2. The molecule has 0 aliphatic heterocycles. The van der Waals surface area contributed by atoms with Crippen LogP contribution in [0.2, 0.25) is 0 Å². The summed E-state index contributed by atoms with van der Waals surface area (Å²) in [5, 5.41) is 10.7. The summed E-state index contributed by atoms with van der Waals surface area (Å²) in [4.78, 5) is 11.6. The first-order valence-electron chi connectivity index (χ1n) is 10.0. The standard InChI is InChI=1S/C21H36O2/c1-5-21-13-11-17-16(18(21)8-9-19(21)23)7-6-14(2)20(17,4)12-10-15(3)22/h14,16-19,23H,5-13H2,1-4H3. The molecule has 0 aromatic rings. The van der Waals surface area contributed by atoms with Crippen LogP contribution in [0.25, 0.3) is 0 Å². The molecule has 0 aromatic carbocycles. The average molecular weight is 321 g/mol. The van der Waals surface area contributed by atoms with Crippen molar-refractivity contribution in [1.82, 2.24) is 0 Å². The van der Waals surface area contributed by atoms with E-state index in [1.54, 1.807) is 6.92 Å². The Hall–Kier alpha value is -0.370. The van der Waals surface area contributed by atoms with Crippen LogP contribution in [0.3, 0.4) is 0 Å². The molecule has 3 rings (SSSR count). The van der Waals surface area contributed by atoms with E-state index in [0.29, 0.717) is 11.2 Å². The lowest BCUT2D eigenvalue weighted by atomic mass is 9.46. The second-order valence-corrected chi connectivity index (χ2v) is 9.28. The fraction of sp³-hybridized carbons (Fsp3) is 0.952. The summed E-state index contributed by atoms with van der Waals surface area (Å²) < 4.78 is 0. The summed E-state index contributed by atoms with van der Waals surface area (Å²) in [6.07, 6.45) is 10.3. The quantitative estimate of drug-likeness (QED) is 0.792. The molecule has 0 spiro atoms. The predicted molar refractivity (Wildman–Crippen MR) is 94.1 cm³/mol. The van der Waals surface area contributed by atoms with Gasteiger partial charge in [-0.05, 0) is 92.8 Å². The smallest absolute Gasteiger partial charge is 0.129 e. The molecule has 3 aliphatic carbocycles. The second kappa shape index (κ2) is 6.17. The monoisotopic (exact) mass is 320 g/mol. The second-order valence-electron chi connectivity index (χ2n) is 9.28. The highest BCUT2D eigenvalue weighted by Crippen LogP contribution is 2.65. The SMILES string of the molecule is CCC12CCC3C(CCC(C)C3(C)CCC(C)=O)C1CCC2O. The number of rotatable bonds is 4. The number of fused-ring (bicyclic) bond motifs is 3. The number of hydrogen-bond donors (Lipinski definition) is 1. The summed E-state index contributed by atoms with van der Waals surface area (Å²) in [6.45, 7) is 8.93. The highest BCUT2D eigenvalue weighted by molar-refractivity contribution is 5.75. The maximum absolute atomic E-state index is 11.6. The van der Waals surface area contributed by atoms with Gasteiger partial charge in [-0.15, -0.1) is 0 Å². The molecule has 1 N–H and O–H groups in total. The van der Waals surface area contributed by atoms with Crippen LogP contribution in [0.15, 0.2) is 0 Å². The summed E-state index contributed by atoms with van der Waals surface area (Å²) in [5.74, 6) is 3.35. The molecule has 0 heterocycles. The number of hydrogen-bond acceptors (Lipinski definition) is 2. The van der Waals surface area contributed by atoms with Crippen LogP contribution in [-0.4, -0.2) is 17.0 Å². The van der Waals surface area contributed by atoms with Crippen molar-refractivity contribution in [3.8, 4) is 0 Å². The number of carbonyl (C=O) groups excluding carboxylic acids is 1. The van der Waals surface area contributed by atoms with Crippen LogP contribution in [0, 0.1) is 34.5 Å². The van der Waals surface area contributed by atoms with E-state index in [2.05, 4.69) is 20.8 Å². The van der Waals surface area contributed by atoms with Crippen LogP contribution in [0.1, 0.15) is 85.5 Å². The van der Waals surface area contributed by atoms with Gasteiger partial charge in [-0.25, -0.2) is 0 Å². The van der Waals surface area contributed by atoms with Crippen LogP contribution < -0.4 is 0 Å². The molecule has 0 bridgehead atoms. The van der Waals surface area contributed by atoms with Crippen molar-refractivity contribution in [1.29, 1.82) is 0 Å². The predicted octanol–water partition coefficient (Wildman–Crippen LogP) is 4.99. The number of aliphatic hydroxyl groups is 1. The lowest BCUT2D eigenvalue weighted by Gasteiger charge is -2.59. The van der Waals surface area contributed by atoms with Gasteiger partial charge in [0.2, 0.25) is 0 Å². The molecule has 0 aromatic heterocycles. The Morgan fingerprint density at radius 3 is 2.52 bits per heavy atom. The number of carbonyl (C=O) groups is 1. The first-order chi connectivity index (χ1) is 10.8. The summed E-state index contributed by atoms with van der Waals surface area (Å²) in [5.41, 5.74) is 0.533. The van der Waals surface area contributed by atoms with Crippen LogP contribution in [0.5, 0.6) is 0 Å². The number of ketones is 1. The molecular weight excluding hydrogens is 284 g/mol. The Labute approximate surface area is 142 Å². The van der Waals surface area contributed by atoms with Crippen LogP contribution in [-0.2, 0) is 4.79 Å². The van der Waals surface area contributed by atoms with E-state index in [-0.39, 0.29) is 11.5 Å². The number of Topliss-reactive ketones (excluding diaryl/α,β-unsaturated/α-hetero) is 1. The third-order valence-corrected chi connectivity index (χ3v) is 8.69. The van der Waals surface area contributed by atoms with Gasteiger partial charge in [0, 0.05) is 6.42 Å². The highest BCUT2D eigenvalue weighted by atomic mass is 16.3. The first kappa shape index (κ1) is 17.5. The van der Waals surface area contributed by atoms with Crippen molar-refractivity contribution in [2.75, 3.05) is 0 Å². The zero-order valence-electron chi connectivity index (χ0n) is 15.6. The van der Waals surface area contributed by atoms with Crippen molar-refractivity contribution in [3.05, 3.63) is 0 Å². The molecule has 23 heavy (non-hydrogen) atoms. The molecule has 0 saturated heterocycles. The lowest BCUT2D eigenvalue weighted by Crippen LogP contribution is -2.52. The Kier molecular flexibility index (Phi) is 4.68. The number of aliphatic hydroxyl groups excluding tert-OH is 1. The fourth-order valence-corrected chi connectivity index (χ4v) is 6.98. The molecule has 0 radical (unpaired) electrons. The molecule has 132 valence electrons. The maximum atomic E-state index is 11.6. The lowest BCUT2D eigenvalue weighted by molar-refractivity contribution is -0.125. The minimum absolute atomic E-state index is 0.0683. The Morgan fingerprint density at radius 2 is 1.87 bits per heavy atom. The van der Waals surface area contributed by atoms with E-state index in [0.717, 1.165) is 49.4 Å². The highest BCUT2D eigenvalue weighted by Gasteiger charge is 2.59. The van der Waals surface area contributed by atoms with Gasteiger partial charge in [-0.1, -0.05) is 20.8 Å². The van der Waals surface area contributed by atoms with Gasteiger partial charge in [0.05, 0.1) is 6.10 Å². The van der Waals surface area contributed by atoms with E-state index in [1.165, 1.54) is 32.1 Å². The third kappa shape index (κ3) is 2.60. The van der Waals surface area contributed by atoms with E-state index >= 15 is 0 Å². The summed E-state index contributed by atoms with van der Waals surface area (Å²) in [6, 6.07) is 0. The topological polar surface area (TPSA) is 37.3 Å². The minimum Gasteiger partial charge on any atom is -0.393 e. The molecule has 2 nitrogen and oxygen atoms in total. The molecule has 7 unspecified atom stereocenters. The molecule has 0 amide bonds. The van der Waals surface area contributed by atoms with Gasteiger partial charge >= 0.3 is 0 Å². The Bertz CT molecular complexity index is 459. The third-order valence-electron chi connectivity index (χ3n) is 8.69. The van der Waals surface area contributed by atoms with Gasteiger partial charge in [0.25, 0.3) is 0 Å². The molecule has 3 saturated carbocycles. The van der Waals surface area contributed by atoms with Crippen molar-refractivity contribution in [2.45, 2.75) is 91.6 Å². The summed E-state index contributed by atoms with van der Waals surface area (Å²) >= 11 is 0. The Morgan fingerprint density at radius 1 is 1.13 bits per heavy atom. The molecule has 3 fully saturated rings.